The highest BCUT2D eigenvalue weighted by molar-refractivity contribution is 6.32. The predicted molar refractivity (Wildman–Crippen MR) is 93.4 cm³/mol. The second-order valence-corrected chi connectivity index (χ2v) is 6.15. The number of carboxylic acids is 1. The van der Waals surface area contributed by atoms with Crippen LogP contribution in [0.1, 0.15) is 27.0 Å². The summed E-state index contributed by atoms with van der Waals surface area (Å²) in [6, 6.07) is 11.1. The SMILES string of the molecule is Cc1ccc(-c2cc(C(=O)O)c3ccc(Cl)c(C)c3n2)c(C)c1. The Morgan fingerprint density at radius 2 is 1.83 bits per heavy atom. The first-order valence-electron chi connectivity index (χ1n) is 7.29. The van der Waals surface area contributed by atoms with E-state index in [0.717, 1.165) is 22.3 Å². The van der Waals surface area contributed by atoms with E-state index in [-0.39, 0.29) is 5.56 Å². The third-order valence-electron chi connectivity index (χ3n) is 4.06. The van der Waals surface area contributed by atoms with Crippen molar-refractivity contribution in [3.05, 3.63) is 63.7 Å². The number of aryl methyl sites for hydroxylation is 3. The maximum atomic E-state index is 11.7. The van der Waals surface area contributed by atoms with Crippen molar-refractivity contribution in [3.8, 4) is 11.3 Å². The zero-order valence-corrected chi connectivity index (χ0v) is 13.9. The number of nitrogens with zero attached hydrogens (tertiary/aromatic N) is 1. The smallest absolute Gasteiger partial charge is 0.336 e. The van der Waals surface area contributed by atoms with Gasteiger partial charge in [0.15, 0.2) is 0 Å². The van der Waals surface area contributed by atoms with Crippen molar-refractivity contribution in [1.29, 1.82) is 0 Å². The molecular formula is C19H16ClNO2. The molecule has 1 heterocycles. The summed E-state index contributed by atoms with van der Waals surface area (Å²) in [5.41, 5.74) is 5.46. The molecule has 0 bridgehead atoms. The molecule has 23 heavy (non-hydrogen) atoms. The number of benzene rings is 2. The third-order valence-corrected chi connectivity index (χ3v) is 4.47. The molecule has 0 aliphatic carbocycles. The minimum atomic E-state index is -0.967. The summed E-state index contributed by atoms with van der Waals surface area (Å²) in [7, 11) is 0. The lowest BCUT2D eigenvalue weighted by molar-refractivity contribution is 0.0699. The molecule has 4 heteroatoms. The van der Waals surface area contributed by atoms with Gasteiger partial charge in [-0.25, -0.2) is 9.78 Å². The molecule has 0 radical (unpaired) electrons. The molecule has 0 saturated heterocycles. The third kappa shape index (κ3) is 2.68. The van der Waals surface area contributed by atoms with E-state index in [2.05, 4.69) is 6.07 Å². The fraction of sp³-hybridized carbons (Fsp3) is 0.158. The largest absolute Gasteiger partial charge is 0.478 e. The number of hydrogen-bond donors (Lipinski definition) is 1. The lowest BCUT2D eigenvalue weighted by atomic mass is 9.98. The summed E-state index contributed by atoms with van der Waals surface area (Å²) in [6.07, 6.45) is 0. The van der Waals surface area contributed by atoms with Gasteiger partial charge in [-0.05, 0) is 44.0 Å². The van der Waals surface area contributed by atoms with Crippen LogP contribution < -0.4 is 0 Å². The van der Waals surface area contributed by atoms with Crippen LogP contribution in [-0.4, -0.2) is 16.1 Å². The van der Waals surface area contributed by atoms with Gasteiger partial charge >= 0.3 is 5.97 Å². The van der Waals surface area contributed by atoms with Crippen LogP contribution in [0.5, 0.6) is 0 Å². The second kappa shape index (κ2) is 5.67. The molecule has 1 N–H and O–H groups in total. The Kier molecular flexibility index (Phi) is 3.82. The summed E-state index contributed by atoms with van der Waals surface area (Å²) in [5, 5.41) is 10.8. The summed E-state index contributed by atoms with van der Waals surface area (Å²) >= 11 is 6.18. The van der Waals surface area contributed by atoms with E-state index in [1.54, 1.807) is 18.2 Å². The topological polar surface area (TPSA) is 50.2 Å². The summed E-state index contributed by atoms with van der Waals surface area (Å²) in [5.74, 6) is -0.967. The minimum absolute atomic E-state index is 0.241. The van der Waals surface area contributed by atoms with Crippen LogP contribution in [0.15, 0.2) is 36.4 Å². The Morgan fingerprint density at radius 3 is 2.48 bits per heavy atom. The number of aromatic nitrogens is 1. The molecule has 0 fully saturated rings. The summed E-state index contributed by atoms with van der Waals surface area (Å²) < 4.78 is 0. The minimum Gasteiger partial charge on any atom is -0.478 e. The molecule has 1 aromatic heterocycles. The lowest BCUT2D eigenvalue weighted by Gasteiger charge is -2.12. The van der Waals surface area contributed by atoms with Gasteiger partial charge in [0.25, 0.3) is 0 Å². The quantitative estimate of drug-likeness (QED) is 0.706. The Bertz CT molecular complexity index is 948. The van der Waals surface area contributed by atoms with E-state index in [9.17, 15) is 9.90 Å². The van der Waals surface area contributed by atoms with Crippen LogP contribution in [0, 0.1) is 20.8 Å². The van der Waals surface area contributed by atoms with Gasteiger partial charge in [0.1, 0.15) is 0 Å². The Morgan fingerprint density at radius 1 is 1.09 bits per heavy atom. The average molecular weight is 326 g/mol. The molecule has 0 amide bonds. The van der Waals surface area contributed by atoms with Crippen LogP contribution in [0.4, 0.5) is 0 Å². The van der Waals surface area contributed by atoms with E-state index >= 15 is 0 Å². The zero-order valence-electron chi connectivity index (χ0n) is 13.1. The molecule has 0 spiro atoms. The number of pyridine rings is 1. The molecule has 3 nitrogen and oxygen atoms in total. The Labute approximate surface area is 139 Å². The number of fused-ring (bicyclic) bond motifs is 1. The summed E-state index contributed by atoms with van der Waals surface area (Å²) in [4.78, 5) is 16.4. The van der Waals surface area contributed by atoms with Gasteiger partial charge < -0.3 is 5.11 Å². The number of hydrogen-bond acceptors (Lipinski definition) is 2. The molecule has 0 aliphatic rings. The Balaban J connectivity index is 2.38. The van der Waals surface area contributed by atoms with Crippen LogP contribution >= 0.6 is 11.6 Å². The van der Waals surface area contributed by atoms with Gasteiger partial charge in [-0.1, -0.05) is 41.4 Å². The number of rotatable bonds is 2. The normalized spacial score (nSPS) is 11.0. The van der Waals surface area contributed by atoms with Gasteiger partial charge in [-0.2, -0.15) is 0 Å². The molecule has 0 atom stereocenters. The van der Waals surface area contributed by atoms with Crippen LogP contribution in [0.2, 0.25) is 5.02 Å². The van der Waals surface area contributed by atoms with E-state index < -0.39 is 5.97 Å². The van der Waals surface area contributed by atoms with Gasteiger partial charge in [0.05, 0.1) is 16.8 Å². The standard InChI is InChI=1S/C19H16ClNO2/c1-10-4-5-13(11(2)8-10)17-9-15(19(22)23)14-6-7-16(20)12(3)18(14)21-17/h4-9H,1-3H3,(H,22,23). The van der Waals surface area contributed by atoms with Crippen molar-refractivity contribution in [2.24, 2.45) is 0 Å². The van der Waals surface area contributed by atoms with Crippen molar-refractivity contribution in [1.82, 2.24) is 4.98 Å². The van der Waals surface area contributed by atoms with E-state index in [1.807, 2.05) is 32.9 Å². The first-order chi connectivity index (χ1) is 10.9. The van der Waals surface area contributed by atoms with Crippen molar-refractivity contribution >= 4 is 28.5 Å². The summed E-state index contributed by atoms with van der Waals surface area (Å²) in [6.45, 7) is 5.88. The van der Waals surface area contributed by atoms with E-state index in [0.29, 0.717) is 21.6 Å². The highest BCUT2D eigenvalue weighted by Gasteiger charge is 2.16. The maximum absolute atomic E-state index is 11.7. The van der Waals surface area contributed by atoms with Gasteiger partial charge in [0.2, 0.25) is 0 Å². The molecular weight excluding hydrogens is 310 g/mol. The average Bonchev–Trinajstić information content (AvgIpc) is 2.50. The lowest BCUT2D eigenvalue weighted by Crippen LogP contribution is -2.02. The molecule has 116 valence electrons. The number of carbonyl (C=O) groups is 1. The van der Waals surface area contributed by atoms with Crippen LogP contribution in [0.25, 0.3) is 22.2 Å². The first-order valence-corrected chi connectivity index (χ1v) is 7.67. The Hall–Kier alpha value is -2.39. The van der Waals surface area contributed by atoms with Crippen LogP contribution in [0.3, 0.4) is 0 Å². The van der Waals surface area contributed by atoms with Crippen molar-refractivity contribution in [3.63, 3.8) is 0 Å². The van der Waals surface area contributed by atoms with Gasteiger partial charge in [0, 0.05) is 16.0 Å². The van der Waals surface area contributed by atoms with Crippen molar-refractivity contribution in [2.75, 3.05) is 0 Å². The highest BCUT2D eigenvalue weighted by Crippen LogP contribution is 2.31. The number of aromatic carboxylic acids is 1. The van der Waals surface area contributed by atoms with E-state index in [1.165, 1.54) is 0 Å². The predicted octanol–water partition coefficient (Wildman–Crippen LogP) is 5.18. The fourth-order valence-electron chi connectivity index (χ4n) is 2.82. The maximum Gasteiger partial charge on any atom is 0.336 e. The van der Waals surface area contributed by atoms with Crippen LogP contribution in [-0.2, 0) is 0 Å². The first kappa shape index (κ1) is 15.5. The molecule has 3 rings (SSSR count). The van der Waals surface area contributed by atoms with Crippen molar-refractivity contribution < 1.29 is 9.90 Å². The highest BCUT2D eigenvalue weighted by atomic mass is 35.5. The molecule has 0 saturated carbocycles. The molecule has 3 aromatic rings. The zero-order chi connectivity index (χ0) is 16.7. The molecule has 0 unspecified atom stereocenters. The second-order valence-electron chi connectivity index (χ2n) is 5.75. The van der Waals surface area contributed by atoms with Crippen molar-refractivity contribution in [2.45, 2.75) is 20.8 Å². The fourth-order valence-corrected chi connectivity index (χ4v) is 2.97. The van der Waals surface area contributed by atoms with Gasteiger partial charge in [-0.15, -0.1) is 0 Å². The molecule has 2 aromatic carbocycles. The van der Waals surface area contributed by atoms with Gasteiger partial charge in [-0.3, -0.25) is 0 Å². The molecule has 0 aliphatic heterocycles. The number of carboxylic acid groups (broad SMARTS) is 1. The monoisotopic (exact) mass is 325 g/mol. The number of halogens is 1. The van der Waals surface area contributed by atoms with E-state index in [4.69, 9.17) is 16.6 Å².